The van der Waals surface area contributed by atoms with Crippen molar-refractivity contribution in [3.05, 3.63) is 29.8 Å². The first-order valence-corrected chi connectivity index (χ1v) is 9.93. The van der Waals surface area contributed by atoms with E-state index >= 15 is 0 Å². The summed E-state index contributed by atoms with van der Waals surface area (Å²) in [5.41, 5.74) is 1.42. The fourth-order valence-corrected chi connectivity index (χ4v) is 5.21. The van der Waals surface area contributed by atoms with E-state index in [0.717, 1.165) is 51.3 Å². The van der Waals surface area contributed by atoms with Crippen molar-refractivity contribution in [1.29, 1.82) is 0 Å². The predicted molar refractivity (Wildman–Crippen MR) is 100 cm³/mol. The number of amides is 1. The number of carbonyl (C=O) groups is 1. The van der Waals surface area contributed by atoms with E-state index in [1.54, 1.807) is 7.11 Å². The average molecular weight is 358 g/mol. The molecule has 4 rings (SSSR count). The van der Waals surface area contributed by atoms with Gasteiger partial charge in [0.2, 0.25) is 5.91 Å². The van der Waals surface area contributed by atoms with Crippen molar-refractivity contribution in [2.45, 2.75) is 32.2 Å². The number of morpholine rings is 1. The first kappa shape index (κ1) is 17.8. The molecular formula is C21H30N2O3. The Hall–Kier alpha value is -1.59. The zero-order chi connectivity index (χ0) is 18.0. The maximum Gasteiger partial charge on any atom is 0.226 e. The Morgan fingerprint density at radius 1 is 1.23 bits per heavy atom. The molecule has 1 amide bonds. The summed E-state index contributed by atoms with van der Waals surface area (Å²) in [4.78, 5) is 17.7. The van der Waals surface area contributed by atoms with Crippen LogP contribution in [0.5, 0.6) is 5.75 Å². The highest BCUT2D eigenvalue weighted by Gasteiger charge is 2.51. The summed E-state index contributed by atoms with van der Waals surface area (Å²) in [6.45, 7) is 5.91. The molecular weight excluding hydrogens is 328 g/mol. The van der Waals surface area contributed by atoms with Crippen LogP contribution >= 0.6 is 0 Å². The number of hydrogen-bond acceptors (Lipinski definition) is 4. The third-order valence-electron chi connectivity index (χ3n) is 6.58. The van der Waals surface area contributed by atoms with E-state index in [2.05, 4.69) is 17.0 Å². The second-order valence-corrected chi connectivity index (χ2v) is 8.02. The van der Waals surface area contributed by atoms with Gasteiger partial charge in [0.15, 0.2) is 0 Å². The third kappa shape index (κ3) is 3.35. The minimum Gasteiger partial charge on any atom is -0.496 e. The minimum atomic E-state index is 0.178. The van der Waals surface area contributed by atoms with Crippen LogP contribution in [-0.4, -0.2) is 62.2 Å². The summed E-state index contributed by atoms with van der Waals surface area (Å²) >= 11 is 0. The molecule has 0 N–H and O–H groups in total. The van der Waals surface area contributed by atoms with Crippen LogP contribution in [0.2, 0.25) is 0 Å². The van der Waals surface area contributed by atoms with Crippen molar-refractivity contribution in [2.75, 3.05) is 46.5 Å². The van der Waals surface area contributed by atoms with Crippen LogP contribution < -0.4 is 4.74 Å². The van der Waals surface area contributed by atoms with Crippen LogP contribution in [0.15, 0.2) is 24.3 Å². The second-order valence-electron chi connectivity index (χ2n) is 8.02. The van der Waals surface area contributed by atoms with Crippen molar-refractivity contribution in [1.82, 2.24) is 9.80 Å². The predicted octanol–water partition coefficient (Wildman–Crippen LogP) is 2.55. The highest BCUT2D eigenvalue weighted by Crippen LogP contribution is 2.50. The number of methoxy groups -OCH3 is 1. The Labute approximate surface area is 156 Å². The van der Waals surface area contributed by atoms with E-state index in [9.17, 15) is 4.79 Å². The molecule has 26 heavy (non-hydrogen) atoms. The van der Waals surface area contributed by atoms with E-state index in [1.165, 1.54) is 18.4 Å². The van der Waals surface area contributed by atoms with Gasteiger partial charge < -0.3 is 14.4 Å². The normalized spacial score (nSPS) is 29.4. The van der Waals surface area contributed by atoms with Crippen LogP contribution in [0, 0.1) is 11.3 Å². The molecule has 3 aliphatic rings. The van der Waals surface area contributed by atoms with Crippen LogP contribution in [0.25, 0.3) is 0 Å². The van der Waals surface area contributed by atoms with E-state index in [0.29, 0.717) is 19.1 Å². The molecule has 1 spiro atoms. The number of para-hydroxylation sites is 1. The first-order valence-electron chi connectivity index (χ1n) is 9.93. The highest BCUT2D eigenvalue weighted by molar-refractivity contribution is 5.80. The van der Waals surface area contributed by atoms with Gasteiger partial charge in [-0.05, 0) is 37.3 Å². The number of benzene rings is 1. The first-order chi connectivity index (χ1) is 12.7. The summed E-state index contributed by atoms with van der Waals surface area (Å²) in [6.07, 6.45) is 4.57. The van der Waals surface area contributed by atoms with Crippen molar-refractivity contribution in [3.8, 4) is 5.75 Å². The summed E-state index contributed by atoms with van der Waals surface area (Å²) in [7, 11) is 1.73. The molecule has 2 aliphatic heterocycles. The fourth-order valence-electron chi connectivity index (χ4n) is 5.21. The van der Waals surface area contributed by atoms with E-state index < -0.39 is 0 Å². The topological polar surface area (TPSA) is 42.0 Å². The quantitative estimate of drug-likeness (QED) is 0.830. The largest absolute Gasteiger partial charge is 0.496 e. The molecule has 1 aromatic carbocycles. The SMILES string of the molecule is COc1ccccc1CN1CC[C@]2(CCC[C@@H]2C(=O)N2CCOCC2)C1. The van der Waals surface area contributed by atoms with E-state index in [1.807, 2.05) is 17.0 Å². The molecule has 1 saturated carbocycles. The molecule has 1 aliphatic carbocycles. The Morgan fingerprint density at radius 2 is 2.04 bits per heavy atom. The fraction of sp³-hybridized carbons (Fsp3) is 0.667. The highest BCUT2D eigenvalue weighted by atomic mass is 16.5. The summed E-state index contributed by atoms with van der Waals surface area (Å²) in [6, 6.07) is 8.27. The number of rotatable bonds is 4. The van der Waals surface area contributed by atoms with Gasteiger partial charge in [-0.3, -0.25) is 9.69 Å². The average Bonchev–Trinajstić information content (AvgIpc) is 3.29. The van der Waals surface area contributed by atoms with Gasteiger partial charge in [0.25, 0.3) is 0 Å². The molecule has 0 bridgehead atoms. The number of hydrogen-bond donors (Lipinski definition) is 0. The standard InChI is InChI=1S/C21H30N2O3/c1-25-19-7-3-2-5-17(19)15-22-10-9-21(16-22)8-4-6-18(21)20(24)23-11-13-26-14-12-23/h2-3,5,7,18H,4,6,8-16H2,1H3/t18-,21-/m1/s1. The van der Waals surface area contributed by atoms with Gasteiger partial charge in [0, 0.05) is 37.7 Å². The lowest BCUT2D eigenvalue weighted by atomic mass is 9.76. The molecule has 0 unspecified atom stereocenters. The van der Waals surface area contributed by atoms with E-state index in [-0.39, 0.29) is 11.3 Å². The van der Waals surface area contributed by atoms with Crippen LogP contribution in [0.4, 0.5) is 0 Å². The van der Waals surface area contributed by atoms with E-state index in [4.69, 9.17) is 9.47 Å². The second kappa shape index (κ2) is 7.57. The molecule has 5 heteroatoms. The Balaban J connectivity index is 1.44. The number of nitrogens with zero attached hydrogens (tertiary/aromatic N) is 2. The lowest BCUT2D eigenvalue weighted by molar-refractivity contribution is -0.143. The van der Waals surface area contributed by atoms with Crippen molar-refractivity contribution in [2.24, 2.45) is 11.3 Å². The van der Waals surface area contributed by atoms with Crippen molar-refractivity contribution < 1.29 is 14.3 Å². The Morgan fingerprint density at radius 3 is 2.85 bits per heavy atom. The Bertz CT molecular complexity index is 644. The Kier molecular flexibility index (Phi) is 5.18. The van der Waals surface area contributed by atoms with Gasteiger partial charge in [0.05, 0.1) is 20.3 Å². The zero-order valence-corrected chi connectivity index (χ0v) is 15.8. The maximum absolute atomic E-state index is 13.2. The zero-order valence-electron chi connectivity index (χ0n) is 15.8. The van der Waals surface area contributed by atoms with Crippen LogP contribution in [-0.2, 0) is 16.1 Å². The minimum absolute atomic E-state index is 0.178. The van der Waals surface area contributed by atoms with Crippen LogP contribution in [0.1, 0.15) is 31.2 Å². The summed E-state index contributed by atoms with van der Waals surface area (Å²) < 4.78 is 10.9. The van der Waals surface area contributed by atoms with Gasteiger partial charge >= 0.3 is 0 Å². The molecule has 142 valence electrons. The summed E-state index contributed by atoms with van der Waals surface area (Å²) in [5.74, 6) is 1.54. The van der Waals surface area contributed by atoms with Gasteiger partial charge in [-0.2, -0.15) is 0 Å². The molecule has 2 heterocycles. The lowest BCUT2D eigenvalue weighted by Crippen LogP contribution is -2.47. The maximum atomic E-state index is 13.2. The van der Waals surface area contributed by atoms with Gasteiger partial charge in [0.1, 0.15) is 5.75 Å². The lowest BCUT2D eigenvalue weighted by Gasteiger charge is -2.36. The van der Waals surface area contributed by atoms with Crippen molar-refractivity contribution >= 4 is 5.91 Å². The van der Waals surface area contributed by atoms with Crippen molar-refractivity contribution in [3.63, 3.8) is 0 Å². The molecule has 5 nitrogen and oxygen atoms in total. The molecule has 2 saturated heterocycles. The molecule has 0 aromatic heterocycles. The number of likely N-dealkylation sites (tertiary alicyclic amines) is 1. The molecule has 1 aromatic rings. The molecule has 0 radical (unpaired) electrons. The van der Waals surface area contributed by atoms with Gasteiger partial charge in [-0.1, -0.05) is 24.6 Å². The third-order valence-corrected chi connectivity index (χ3v) is 6.58. The van der Waals surface area contributed by atoms with Crippen LogP contribution in [0.3, 0.4) is 0 Å². The molecule has 3 fully saturated rings. The van der Waals surface area contributed by atoms with Gasteiger partial charge in [-0.25, -0.2) is 0 Å². The number of carbonyl (C=O) groups excluding carboxylic acids is 1. The smallest absolute Gasteiger partial charge is 0.226 e. The molecule has 2 atom stereocenters. The summed E-state index contributed by atoms with van der Waals surface area (Å²) in [5, 5.41) is 0. The monoisotopic (exact) mass is 358 g/mol. The number of ether oxygens (including phenoxy) is 2. The van der Waals surface area contributed by atoms with Gasteiger partial charge in [-0.15, -0.1) is 0 Å².